The van der Waals surface area contributed by atoms with Gasteiger partial charge < -0.3 is 16.3 Å². The molecule has 0 aliphatic heterocycles. The van der Waals surface area contributed by atoms with Crippen molar-refractivity contribution in [2.24, 2.45) is 16.8 Å². The number of nitrogens with zero attached hydrogens (tertiary/aromatic N) is 1. The van der Waals surface area contributed by atoms with Crippen LogP contribution < -0.4 is 11.1 Å². The second kappa shape index (κ2) is 5.11. The summed E-state index contributed by atoms with van der Waals surface area (Å²) in [5, 5.41) is 13.6. The summed E-state index contributed by atoms with van der Waals surface area (Å²) < 4.78 is 12.8. The van der Waals surface area contributed by atoms with Crippen LogP contribution in [0.25, 0.3) is 0 Å². The van der Waals surface area contributed by atoms with Gasteiger partial charge in [-0.15, -0.1) is 0 Å². The highest BCUT2D eigenvalue weighted by Crippen LogP contribution is 2.10. The lowest BCUT2D eigenvalue weighted by molar-refractivity contribution is -0.117. The number of anilines is 1. The van der Waals surface area contributed by atoms with Gasteiger partial charge in [0.05, 0.1) is 5.92 Å². The topological polar surface area (TPSA) is 87.7 Å². The van der Waals surface area contributed by atoms with Gasteiger partial charge in [-0.05, 0) is 25.1 Å². The zero-order valence-corrected chi connectivity index (χ0v) is 8.64. The molecule has 1 aromatic rings. The molecule has 1 unspecified atom stereocenters. The van der Waals surface area contributed by atoms with Gasteiger partial charge in [-0.3, -0.25) is 4.79 Å². The van der Waals surface area contributed by atoms with Crippen molar-refractivity contribution < 1.29 is 14.4 Å². The number of amidine groups is 1. The average molecular weight is 225 g/mol. The van der Waals surface area contributed by atoms with Crippen molar-refractivity contribution in [3.05, 3.63) is 30.1 Å². The number of benzene rings is 1. The average Bonchev–Trinajstić information content (AvgIpc) is 2.27. The third-order valence-electron chi connectivity index (χ3n) is 2.04. The maximum absolute atomic E-state index is 12.8. The number of halogens is 1. The number of nitrogens with one attached hydrogen (secondary N) is 1. The summed E-state index contributed by atoms with van der Waals surface area (Å²) in [4.78, 5) is 11.5. The predicted octanol–water partition coefficient (Wildman–Crippen LogP) is 1.15. The number of carbonyl (C=O) groups excluding carboxylic acids is 1. The minimum atomic E-state index is -0.784. The lowest BCUT2D eigenvalue weighted by atomic mass is 10.1. The first kappa shape index (κ1) is 12.0. The number of carbonyl (C=O) groups is 1. The van der Waals surface area contributed by atoms with Gasteiger partial charge in [0.1, 0.15) is 5.82 Å². The van der Waals surface area contributed by atoms with Crippen LogP contribution in [0.15, 0.2) is 29.4 Å². The fourth-order valence-corrected chi connectivity index (χ4v) is 1.04. The zero-order valence-electron chi connectivity index (χ0n) is 8.64. The quantitative estimate of drug-likeness (QED) is 0.312. The molecule has 0 spiro atoms. The molecule has 1 aromatic carbocycles. The Morgan fingerprint density at radius 2 is 2.31 bits per heavy atom. The molecule has 1 atom stereocenters. The van der Waals surface area contributed by atoms with E-state index in [2.05, 4.69) is 10.5 Å². The number of rotatable bonds is 3. The highest BCUT2D eigenvalue weighted by molar-refractivity contribution is 6.07. The minimum absolute atomic E-state index is 0.200. The summed E-state index contributed by atoms with van der Waals surface area (Å²) in [6, 6.07) is 5.46. The first-order valence-corrected chi connectivity index (χ1v) is 4.58. The van der Waals surface area contributed by atoms with Gasteiger partial charge in [0.2, 0.25) is 5.91 Å². The van der Waals surface area contributed by atoms with Crippen molar-refractivity contribution in [2.45, 2.75) is 6.92 Å². The van der Waals surface area contributed by atoms with Crippen molar-refractivity contribution in [1.29, 1.82) is 0 Å². The van der Waals surface area contributed by atoms with E-state index in [1.54, 1.807) is 6.07 Å². The summed E-state index contributed by atoms with van der Waals surface area (Å²) >= 11 is 0. The molecule has 0 radical (unpaired) electrons. The lowest BCUT2D eigenvalue weighted by Crippen LogP contribution is -2.32. The lowest BCUT2D eigenvalue weighted by Gasteiger charge is -2.10. The van der Waals surface area contributed by atoms with Gasteiger partial charge in [-0.2, -0.15) is 0 Å². The third kappa shape index (κ3) is 2.94. The SMILES string of the molecule is CC(C(=O)Nc1cccc(F)c1)C(N)=NO. The van der Waals surface area contributed by atoms with Crippen LogP contribution in [0.2, 0.25) is 0 Å². The number of oxime groups is 1. The maximum Gasteiger partial charge on any atom is 0.234 e. The third-order valence-corrected chi connectivity index (χ3v) is 2.04. The smallest absolute Gasteiger partial charge is 0.234 e. The molecule has 0 saturated heterocycles. The van der Waals surface area contributed by atoms with Gasteiger partial charge in [-0.1, -0.05) is 11.2 Å². The standard InChI is InChI=1S/C10H12FN3O2/c1-6(9(12)14-16)10(15)13-8-4-2-3-7(11)5-8/h2-6,16H,1H3,(H2,12,14)(H,13,15). The Labute approximate surface area is 91.8 Å². The van der Waals surface area contributed by atoms with Gasteiger partial charge in [0.25, 0.3) is 0 Å². The van der Waals surface area contributed by atoms with Crippen LogP contribution in [0.1, 0.15) is 6.92 Å². The van der Waals surface area contributed by atoms with Crippen LogP contribution in [0, 0.1) is 11.7 Å². The molecule has 86 valence electrons. The predicted molar refractivity (Wildman–Crippen MR) is 57.6 cm³/mol. The van der Waals surface area contributed by atoms with Gasteiger partial charge >= 0.3 is 0 Å². The van der Waals surface area contributed by atoms with Crippen LogP contribution in [-0.2, 0) is 4.79 Å². The monoisotopic (exact) mass is 225 g/mol. The van der Waals surface area contributed by atoms with E-state index in [1.165, 1.54) is 25.1 Å². The fourth-order valence-electron chi connectivity index (χ4n) is 1.04. The summed E-state index contributed by atoms with van der Waals surface area (Å²) in [6.07, 6.45) is 0. The van der Waals surface area contributed by atoms with Crippen molar-refractivity contribution >= 4 is 17.4 Å². The van der Waals surface area contributed by atoms with Crippen molar-refractivity contribution in [2.75, 3.05) is 5.32 Å². The Balaban J connectivity index is 2.72. The van der Waals surface area contributed by atoms with E-state index in [-0.39, 0.29) is 5.84 Å². The summed E-state index contributed by atoms with van der Waals surface area (Å²) in [5.74, 6) is -1.91. The van der Waals surface area contributed by atoms with E-state index >= 15 is 0 Å². The molecule has 1 amide bonds. The molecular formula is C10H12FN3O2. The first-order chi connectivity index (χ1) is 7.54. The molecule has 0 aliphatic carbocycles. The van der Waals surface area contributed by atoms with Crippen molar-refractivity contribution in [1.82, 2.24) is 0 Å². The fraction of sp³-hybridized carbons (Fsp3) is 0.200. The highest BCUT2D eigenvalue weighted by atomic mass is 19.1. The number of hydrogen-bond donors (Lipinski definition) is 3. The molecule has 16 heavy (non-hydrogen) atoms. The molecule has 0 bridgehead atoms. The molecule has 0 aliphatic rings. The van der Waals surface area contributed by atoms with Crippen LogP contribution >= 0.6 is 0 Å². The number of nitrogens with two attached hydrogens (primary N) is 1. The van der Waals surface area contributed by atoms with Crippen molar-refractivity contribution in [3.63, 3.8) is 0 Å². The summed E-state index contributed by atoms with van der Waals surface area (Å²) in [5.41, 5.74) is 5.59. The van der Waals surface area contributed by atoms with E-state index in [4.69, 9.17) is 10.9 Å². The molecular weight excluding hydrogens is 213 g/mol. The Morgan fingerprint density at radius 3 is 2.88 bits per heavy atom. The van der Waals surface area contributed by atoms with E-state index in [9.17, 15) is 9.18 Å². The number of hydrogen-bond acceptors (Lipinski definition) is 3. The first-order valence-electron chi connectivity index (χ1n) is 4.58. The molecule has 5 nitrogen and oxygen atoms in total. The summed E-state index contributed by atoms with van der Waals surface area (Å²) in [6.45, 7) is 1.48. The maximum atomic E-state index is 12.8. The van der Waals surface area contributed by atoms with Gasteiger partial charge in [0.15, 0.2) is 5.84 Å². The Kier molecular flexibility index (Phi) is 3.82. The van der Waals surface area contributed by atoms with Crippen LogP contribution in [0.5, 0.6) is 0 Å². The molecule has 0 saturated carbocycles. The Morgan fingerprint density at radius 1 is 1.62 bits per heavy atom. The second-order valence-electron chi connectivity index (χ2n) is 3.25. The highest BCUT2D eigenvalue weighted by Gasteiger charge is 2.17. The van der Waals surface area contributed by atoms with Gasteiger partial charge in [0, 0.05) is 5.69 Å². The van der Waals surface area contributed by atoms with Gasteiger partial charge in [-0.25, -0.2) is 4.39 Å². The normalized spacial score (nSPS) is 13.2. The second-order valence-corrected chi connectivity index (χ2v) is 3.25. The van der Waals surface area contributed by atoms with Crippen LogP contribution in [0.4, 0.5) is 10.1 Å². The molecule has 0 fully saturated rings. The van der Waals surface area contributed by atoms with E-state index < -0.39 is 17.6 Å². The van der Waals surface area contributed by atoms with Crippen molar-refractivity contribution in [3.8, 4) is 0 Å². The van der Waals surface area contributed by atoms with Crippen LogP contribution in [0.3, 0.4) is 0 Å². The molecule has 0 heterocycles. The minimum Gasteiger partial charge on any atom is -0.409 e. The molecule has 4 N–H and O–H groups in total. The summed E-state index contributed by atoms with van der Waals surface area (Å²) in [7, 11) is 0. The molecule has 1 rings (SSSR count). The Hall–Kier alpha value is -2.11. The van der Waals surface area contributed by atoms with Crippen LogP contribution in [-0.4, -0.2) is 17.0 Å². The Bertz CT molecular complexity index is 420. The molecule has 6 heteroatoms. The zero-order chi connectivity index (χ0) is 12.1. The van der Waals surface area contributed by atoms with E-state index in [0.717, 1.165) is 0 Å². The van der Waals surface area contributed by atoms with E-state index in [0.29, 0.717) is 5.69 Å². The van der Waals surface area contributed by atoms with E-state index in [1.807, 2.05) is 0 Å². The number of amides is 1. The molecule has 0 aromatic heterocycles. The largest absolute Gasteiger partial charge is 0.409 e.